The van der Waals surface area contributed by atoms with Gasteiger partial charge in [-0.25, -0.2) is 4.79 Å². The number of carbonyl (C=O) groups is 4. The van der Waals surface area contributed by atoms with E-state index < -0.39 is 83.9 Å². The molecule has 4 rings (SSSR count). The number of methoxy groups -OCH3 is 3. The van der Waals surface area contributed by atoms with Crippen LogP contribution in [0.1, 0.15) is 105 Å². The van der Waals surface area contributed by atoms with Crippen LogP contribution in [0.3, 0.4) is 0 Å². The molecule has 2 unspecified atom stereocenters. The van der Waals surface area contributed by atoms with Gasteiger partial charge in [0.1, 0.15) is 24.0 Å². The number of amides is 1. The maximum Gasteiger partial charge on any atom is 0.329 e. The Morgan fingerprint density at radius 1 is 0.930 bits per heavy atom. The van der Waals surface area contributed by atoms with Gasteiger partial charge in [0.15, 0.2) is 0 Å². The average molecular weight is 804 g/mol. The highest BCUT2D eigenvalue weighted by Gasteiger charge is 2.56. The lowest BCUT2D eigenvalue weighted by Gasteiger charge is -2.47. The highest BCUT2D eigenvalue weighted by molar-refractivity contribution is 6.39. The number of hydrogen-bond acceptors (Lipinski definition) is 12. The first-order valence-corrected chi connectivity index (χ1v) is 20.9. The number of cyclic esters (lactones) is 1. The second kappa shape index (κ2) is 21.0. The molecule has 57 heavy (non-hydrogen) atoms. The Kier molecular flexibility index (Phi) is 17.2. The standard InChI is InChI=1S/C44H69NO12/c1-10-13-31-19-25(2)18-26(3)20-37(54-8)40-38(55-9)22-28(5)44(52,57-40)41(49)42(50)45-17-12-11-14-32(45)43(51)56-39(29(6)34(47)24-35(31)48)27(4)21-30-15-16-33(46)36(23-30)53-7/h10,19,21,26,28-34,36-40,46-47,52H,1,11-18,20,22-24H2,2-9H3/b25-19-,27-21+/t26-,28-,29-,30-,31?,32+,33-,34-,36+,37?,38+,39-,40+,44-/m0/s1. The Balaban J connectivity index is 1.78. The minimum atomic E-state index is -2.51. The number of esters is 1. The fourth-order valence-corrected chi connectivity index (χ4v) is 9.42. The number of piperidine rings is 1. The van der Waals surface area contributed by atoms with Gasteiger partial charge in [-0.2, -0.15) is 0 Å². The van der Waals surface area contributed by atoms with Gasteiger partial charge in [0.25, 0.3) is 11.7 Å². The Morgan fingerprint density at radius 3 is 2.25 bits per heavy atom. The van der Waals surface area contributed by atoms with Gasteiger partial charge in [-0.1, -0.05) is 44.6 Å². The van der Waals surface area contributed by atoms with E-state index >= 15 is 0 Å². The van der Waals surface area contributed by atoms with Gasteiger partial charge in [0, 0.05) is 52.0 Å². The monoisotopic (exact) mass is 803 g/mol. The third kappa shape index (κ3) is 11.3. The number of ketones is 2. The molecule has 0 spiro atoms. The highest BCUT2D eigenvalue weighted by atomic mass is 16.7. The maximum atomic E-state index is 14.3. The van der Waals surface area contributed by atoms with Crippen molar-refractivity contribution < 1.29 is 58.2 Å². The summed E-state index contributed by atoms with van der Waals surface area (Å²) in [4.78, 5) is 57.8. The summed E-state index contributed by atoms with van der Waals surface area (Å²) in [6.45, 7) is 13.1. The van der Waals surface area contributed by atoms with E-state index in [1.807, 2.05) is 32.9 Å². The molecule has 13 heteroatoms. The lowest BCUT2D eigenvalue weighted by molar-refractivity contribution is -0.302. The Morgan fingerprint density at radius 2 is 1.60 bits per heavy atom. The highest BCUT2D eigenvalue weighted by Crippen LogP contribution is 2.39. The first kappa shape index (κ1) is 46.9. The third-order valence-electron chi connectivity index (χ3n) is 12.9. The summed E-state index contributed by atoms with van der Waals surface area (Å²) in [5.74, 6) is -7.76. The molecule has 1 amide bonds. The lowest BCUT2D eigenvalue weighted by atomic mass is 9.81. The second-order valence-electron chi connectivity index (χ2n) is 17.3. The van der Waals surface area contributed by atoms with Crippen molar-refractivity contribution >= 4 is 23.4 Å². The smallest absolute Gasteiger partial charge is 0.329 e. The first-order chi connectivity index (χ1) is 27.0. The van der Waals surface area contributed by atoms with Crippen molar-refractivity contribution in [3.05, 3.63) is 36.0 Å². The largest absolute Gasteiger partial charge is 0.456 e. The van der Waals surface area contributed by atoms with Gasteiger partial charge < -0.3 is 43.9 Å². The molecule has 0 aromatic rings. The summed E-state index contributed by atoms with van der Waals surface area (Å²) in [7, 11) is 4.61. The average Bonchev–Trinajstić information content (AvgIpc) is 3.18. The van der Waals surface area contributed by atoms with Crippen LogP contribution in [-0.4, -0.2) is 126 Å². The van der Waals surface area contributed by atoms with Crippen molar-refractivity contribution in [3.63, 3.8) is 0 Å². The van der Waals surface area contributed by atoms with Crippen molar-refractivity contribution in [1.82, 2.24) is 4.90 Å². The number of rotatable bonds is 7. The third-order valence-corrected chi connectivity index (χ3v) is 12.9. The molecular formula is C44H69NO12. The van der Waals surface area contributed by atoms with Crippen molar-refractivity contribution in [2.75, 3.05) is 27.9 Å². The molecule has 3 N–H and O–H groups in total. The number of carbonyl (C=O) groups excluding carboxylic acids is 4. The molecule has 14 atom stereocenters. The zero-order valence-corrected chi connectivity index (χ0v) is 35.4. The van der Waals surface area contributed by atoms with Crippen LogP contribution >= 0.6 is 0 Å². The molecule has 3 fully saturated rings. The number of aliphatic hydroxyl groups excluding tert-OH is 2. The quantitative estimate of drug-likeness (QED) is 0.185. The normalized spacial score (nSPS) is 41.0. The number of allylic oxidation sites excluding steroid dienone is 4. The molecule has 0 aromatic carbocycles. The van der Waals surface area contributed by atoms with E-state index in [1.165, 1.54) is 19.1 Å². The van der Waals surface area contributed by atoms with E-state index in [0.29, 0.717) is 56.9 Å². The van der Waals surface area contributed by atoms with Crippen LogP contribution in [-0.2, 0) is 42.9 Å². The van der Waals surface area contributed by atoms with Crippen LogP contribution in [0.2, 0.25) is 0 Å². The molecular weight excluding hydrogens is 734 g/mol. The number of nitrogens with zero attached hydrogens (tertiary/aromatic N) is 1. The van der Waals surface area contributed by atoms with E-state index in [2.05, 4.69) is 6.58 Å². The first-order valence-electron chi connectivity index (χ1n) is 20.9. The van der Waals surface area contributed by atoms with Crippen LogP contribution in [0.5, 0.6) is 0 Å². The Bertz CT molecular complexity index is 1480. The van der Waals surface area contributed by atoms with Crippen molar-refractivity contribution in [2.45, 2.75) is 160 Å². The molecule has 3 aliphatic heterocycles. The number of Topliss-reactive ketones (excluding diaryl/α,β-unsaturated/α-hetero) is 2. The van der Waals surface area contributed by atoms with Crippen molar-refractivity contribution in [2.24, 2.45) is 29.6 Å². The number of hydrogen-bond donors (Lipinski definition) is 3. The number of aliphatic hydroxyl groups is 3. The molecule has 2 bridgehead atoms. The summed E-state index contributed by atoms with van der Waals surface area (Å²) in [6, 6.07) is -1.14. The van der Waals surface area contributed by atoms with Crippen LogP contribution in [0.4, 0.5) is 0 Å². The van der Waals surface area contributed by atoms with Gasteiger partial charge in [-0.15, -0.1) is 6.58 Å². The Hall–Kier alpha value is -2.78. The number of ether oxygens (including phenoxy) is 5. The van der Waals surface area contributed by atoms with E-state index in [1.54, 1.807) is 27.0 Å². The zero-order valence-electron chi connectivity index (χ0n) is 35.4. The molecule has 1 aliphatic carbocycles. The summed E-state index contributed by atoms with van der Waals surface area (Å²) < 4.78 is 29.7. The molecule has 0 aromatic heterocycles. The number of fused-ring (bicyclic) bond motifs is 3. The Labute approximate surface area is 339 Å². The fourth-order valence-electron chi connectivity index (χ4n) is 9.42. The van der Waals surface area contributed by atoms with Crippen LogP contribution < -0.4 is 0 Å². The van der Waals surface area contributed by atoms with E-state index in [9.17, 15) is 34.5 Å². The fraction of sp³-hybridized carbons (Fsp3) is 0.773. The van der Waals surface area contributed by atoms with Gasteiger partial charge in [-0.3, -0.25) is 14.4 Å². The van der Waals surface area contributed by atoms with Gasteiger partial charge >= 0.3 is 5.97 Å². The summed E-state index contributed by atoms with van der Waals surface area (Å²) in [5, 5.41) is 34.1. The van der Waals surface area contributed by atoms with Crippen molar-refractivity contribution in [1.29, 1.82) is 0 Å². The van der Waals surface area contributed by atoms with Gasteiger partial charge in [0.2, 0.25) is 5.79 Å². The van der Waals surface area contributed by atoms with Crippen molar-refractivity contribution in [3.8, 4) is 0 Å². The molecule has 1 saturated carbocycles. The minimum Gasteiger partial charge on any atom is -0.456 e. The van der Waals surface area contributed by atoms with Crippen LogP contribution in [0, 0.1) is 29.6 Å². The molecule has 2 saturated heterocycles. The van der Waals surface area contributed by atoms with E-state index in [0.717, 1.165) is 5.57 Å². The second-order valence-corrected chi connectivity index (χ2v) is 17.3. The zero-order chi connectivity index (χ0) is 42.2. The van der Waals surface area contributed by atoms with Crippen LogP contribution in [0.15, 0.2) is 36.0 Å². The summed E-state index contributed by atoms with van der Waals surface area (Å²) in [5.41, 5.74) is 1.61. The predicted octanol–water partition coefficient (Wildman–Crippen LogP) is 4.64. The lowest BCUT2D eigenvalue weighted by Crippen LogP contribution is -2.64. The molecule has 4 aliphatic rings. The SMILES string of the molecule is C=CCC1/C=C(/C)C[C@H](C)CC(OC)[C@H]2O[C@](O)(C(=O)C(=O)N3CCCC[C@@H]3C(=O)O[C@@H](/C(C)=C/[C@@H]3CC[C@H](O)[C@H](OC)C3)[C@@H](C)[C@@H](O)CC1=O)[C@@H](C)C[C@H]2OC. The molecule has 322 valence electrons. The topological polar surface area (TPSA) is 178 Å². The summed E-state index contributed by atoms with van der Waals surface area (Å²) in [6.07, 6.45) is 4.93. The van der Waals surface area contributed by atoms with E-state index in [-0.39, 0.29) is 49.5 Å². The maximum absolute atomic E-state index is 14.3. The summed E-state index contributed by atoms with van der Waals surface area (Å²) >= 11 is 0. The van der Waals surface area contributed by atoms with Gasteiger partial charge in [0.05, 0.1) is 30.5 Å². The van der Waals surface area contributed by atoms with Crippen LogP contribution in [0.25, 0.3) is 0 Å². The predicted molar refractivity (Wildman–Crippen MR) is 213 cm³/mol. The van der Waals surface area contributed by atoms with Gasteiger partial charge in [-0.05, 0) is 95.5 Å². The molecule has 0 radical (unpaired) electrons. The molecule has 3 heterocycles. The van der Waals surface area contributed by atoms with E-state index in [4.69, 9.17) is 23.7 Å². The minimum absolute atomic E-state index is 0.00988. The molecule has 13 nitrogen and oxygen atoms in total.